The third-order valence-corrected chi connectivity index (χ3v) is 7.20. The Morgan fingerprint density at radius 1 is 0.679 bits per heavy atom. The van der Waals surface area contributed by atoms with E-state index in [-0.39, 0.29) is 6.61 Å². The summed E-state index contributed by atoms with van der Waals surface area (Å²) in [6.45, 7) is 7.74. The van der Waals surface area contributed by atoms with Gasteiger partial charge in [0.15, 0.2) is 0 Å². The van der Waals surface area contributed by atoms with E-state index in [1.54, 1.807) is 0 Å². The third-order valence-electron chi connectivity index (χ3n) is 5.63. The highest BCUT2D eigenvalue weighted by Gasteiger charge is 2.17. The Morgan fingerprint density at radius 3 is 1.71 bits per heavy atom. The van der Waals surface area contributed by atoms with Crippen molar-refractivity contribution in [3.63, 3.8) is 0 Å². The summed E-state index contributed by atoms with van der Waals surface area (Å²) in [5.41, 5.74) is 0. The van der Waals surface area contributed by atoms with Gasteiger partial charge in [-0.15, -0.1) is 0 Å². The maximum absolute atomic E-state index is 8.97. The Labute approximate surface area is 182 Å². The number of aliphatic hydroxyl groups is 1. The molecule has 0 radical (unpaired) electrons. The number of hydrogen-bond acceptors (Lipinski definition) is 3. The molecule has 1 N–H and O–H groups in total. The van der Waals surface area contributed by atoms with Crippen molar-refractivity contribution in [1.82, 2.24) is 0 Å². The Balaban J connectivity index is 3.80. The zero-order valence-electron chi connectivity index (χ0n) is 19.6. The summed E-state index contributed by atoms with van der Waals surface area (Å²) < 4.78 is 5.99. The van der Waals surface area contributed by atoms with Gasteiger partial charge in [-0.05, 0) is 31.9 Å². The minimum Gasteiger partial charge on any atom is -0.396 e. The van der Waals surface area contributed by atoms with Gasteiger partial charge in [0.2, 0.25) is 0 Å². The summed E-state index contributed by atoms with van der Waals surface area (Å²) in [6, 6.07) is 0. The molecule has 0 aliphatic heterocycles. The molecule has 0 amide bonds. The minimum atomic E-state index is 0.236. The highest BCUT2D eigenvalue weighted by molar-refractivity contribution is 7.99. The van der Waals surface area contributed by atoms with E-state index in [0.29, 0.717) is 18.0 Å². The third kappa shape index (κ3) is 19.6. The average molecular weight is 417 g/mol. The molecule has 0 aromatic rings. The predicted molar refractivity (Wildman–Crippen MR) is 129 cm³/mol. The second kappa shape index (κ2) is 23.5. The fourth-order valence-electron chi connectivity index (χ4n) is 3.67. The molecule has 0 saturated carbocycles. The second-order valence-electron chi connectivity index (χ2n) is 8.45. The zero-order valence-corrected chi connectivity index (χ0v) is 20.4. The van der Waals surface area contributed by atoms with Gasteiger partial charge in [-0.3, -0.25) is 0 Å². The second-order valence-corrected chi connectivity index (χ2v) is 9.79. The SMILES string of the molecule is CCCCCCCCCCCCSC(CCCCCCC)C(C)OCCCO. The van der Waals surface area contributed by atoms with E-state index in [9.17, 15) is 0 Å². The molecular formula is C25H52O2S. The largest absolute Gasteiger partial charge is 0.396 e. The lowest BCUT2D eigenvalue weighted by Crippen LogP contribution is -2.24. The first-order valence-electron chi connectivity index (χ1n) is 12.6. The fraction of sp³-hybridized carbons (Fsp3) is 1.00. The lowest BCUT2D eigenvalue weighted by molar-refractivity contribution is 0.0528. The van der Waals surface area contributed by atoms with E-state index < -0.39 is 0 Å². The Bertz CT molecular complexity index is 286. The van der Waals surface area contributed by atoms with Crippen LogP contribution in [-0.2, 0) is 4.74 Å². The van der Waals surface area contributed by atoms with Crippen molar-refractivity contribution in [2.45, 2.75) is 141 Å². The van der Waals surface area contributed by atoms with Crippen LogP contribution < -0.4 is 0 Å². The van der Waals surface area contributed by atoms with Gasteiger partial charge >= 0.3 is 0 Å². The molecule has 0 heterocycles. The molecule has 3 heteroatoms. The molecule has 2 unspecified atom stereocenters. The quantitative estimate of drug-likeness (QED) is 0.170. The molecule has 0 aromatic heterocycles. The van der Waals surface area contributed by atoms with E-state index in [1.807, 2.05) is 0 Å². The summed E-state index contributed by atoms with van der Waals surface area (Å²) in [5.74, 6) is 1.28. The monoisotopic (exact) mass is 416 g/mol. The van der Waals surface area contributed by atoms with Crippen molar-refractivity contribution < 1.29 is 9.84 Å². The molecule has 0 aliphatic carbocycles. The molecule has 0 aromatic carbocycles. The highest BCUT2D eigenvalue weighted by Crippen LogP contribution is 2.25. The van der Waals surface area contributed by atoms with E-state index >= 15 is 0 Å². The van der Waals surface area contributed by atoms with E-state index in [0.717, 1.165) is 6.42 Å². The fourth-order valence-corrected chi connectivity index (χ4v) is 5.02. The number of rotatable bonds is 23. The summed E-state index contributed by atoms with van der Waals surface area (Å²) in [5, 5.41) is 9.60. The van der Waals surface area contributed by atoms with E-state index in [1.165, 1.54) is 108 Å². The number of unbranched alkanes of at least 4 members (excludes halogenated alkanes) is 13. The van der Waals surface area contributed by atoms with Gasteiger partial charge in [-0.1, -0.05) is 104 Å². The summed E-state index contributed by atoms with van der Waals surface area (Å²) in [6.07, 6.45) is 23.3. The van der Waals surface area contributed by atoms with E-state index in [2.05, 4.69) is 32.5 Å². The van der Waals surface area contributed by atoms with Crippen LogP contribution in [0.25, 0.3) is 0 Å². The van der Waals surface area contributed by atoms with Crippen LogP contribution in [0.3, 0.4) is 0 Å². The predicted octanol–water partition coefficient (Wildman–Crippen LogP) is 8.16. The first-order chi connectivity index (χ1) is 13.8. The van der Waals surface area contributed by atoms with Gasteiger partial charge < -0.3 is 9.84 Å². The van der Waals surface area contributed by atoms with Crippen LogP contribution in [-0.4, -0.2) is 35.4 Å². The van der Waals surface area contributed by atoms with E-state index in [4.69, 9.17) is 9.84 Å². The van der Waals surface area contributed by atoms with Crippen molar-refractivity contribution in [2.75, 3.05) is 19.0 Å². The molecule has 2 atom stereocenters. The Kier molecular flexibility index (Phi) is 23.8. The number of ether oxygens (including phenoxy) is 1. The van der Waals surface area contributed by atoms with Crippen LogP contribution in [0.15, 0.2) is 0 Å². The first kappa shape index (κ1) is 28.3. The first-order valence-corrected chi connectivity index (χ1v) is 13.6. The van der Waals surface area contributed by atoms with Gasteiger partial charge in [0.05, 0.1) is 6.10 Å². The van der Waals surface area contributed by atoms with Gasteiger partial charge in [0, 0.05) is 18.5 Å². The maximum atomic E-state index is 8.97. The molecule has 170 valence electrons. The van der Waals surface area contributed by atoms with Gasteiger partial charge in [-0.2, -0.15) is 11.8 Å². The molecule has 0 saturated heterocycles. The minimum absolute atomic E-state index is 0.236. The van der Waals surface area contributed by atoms with Crippen molar-refractivity contribution in [2.24, 2.45) is 0 Å². The normalized spacial score (nSPS) is 13.7. The van der Waals surface area contributed by atoms with Crippen molar-refractivity contribution in [1.29, 1.82) is 0 Å². The molecular weight excluding hydrogens is 364 g/mol. The Morgan fingerprint density at radius 2 is 1.18 bits per heavy atom. The molecule has 0 aliphatic rings. The van der Waals surface area contributed by atoms with Crippen LogP contribution in [0.5, 0.6) is 0 Å². The smallest absolute Gasteiger partial charge is 0.0665 e. The maximum Gasteiger partial charge on any atom is 0.0665 e. The molecule has 2 nitrogen and oxygen atoms in total. The van der Waals surface area contributed by atoms with Gasteiger partial charge in [0.25, 0.3) is 0 Å². The standard InChI is InChI=1S/C25H52O2S/c1-4-6-8-10-11-12-13-14-16-18-23-28-25(20-17-15-9-7-5-2)24(3)27-22-19-21-26/h24-26H,4-23H2,1-3H3. The topological polar surface area (TPSA) is 29.5 Å². The van der Waals surface area contributed by atoms with Crippen molar-refractivity contribution in [3.05, 3.63) is 0 Å². The molecule has 28 heavy (non-hydrogen) atoms. The summed E-state index contributed by atoms with van der Waals surface area (Å²) in [7, 11) is 0. The van der Waals surface area contributed by atoms with Crippen LogP contribution in [0, 0.1) is 0 Å². The van der Waals surface area contributed by atoms with Crippen LogP contribution >= 0.6 is 11.8 Å². The lowest BCUT2D eigenvalue weighted by atomic mass is 10.1. The molecule has 0 rings (SSSR count). The van der Waals surface area contributed by atoms with Crippen molar-refractivity contribution in [3.8, 4) is 0 Å². The average Bonchev–Trinajstić information content (AvgIpc) is 2.70. The molecule has 0 spiro atoms. The number of thioether (sulfide) groups is 1. The van der Waals surface area contributed by atoms with Crippen LogP contribution in [0.4, 0.5) is 0 Å². The van der Waals surface area contributed by atoms with Gasteiger partial charge in [0.1, 0.15) is 0 Å². The Hall–Kier alpha value is 0.270. The highest BCUT2D eigenvalue weighted by atomic mass is 32.2. The number of aliphatic hydroxyl groups excluding tert-OH is 1. The summed E-state index contributed by atoms with van der Waals surface area (Å²) >= 11 is 2.14. The molecule has 0 fully saturated rings. The summed E-state index contributed by atoms with van der Waals surface area (Å²) in [4.78, 5) is 0. The van der Waals surface area contributed by atoms with Crippen LogP contribution in [0.1, 0.15) is 130 Å². The van der Waals surface area contributed by atoms with Crippen LogP contribution in [0.2, 0.25) is 0 Å². The van der Waals surface area contributed by atoms with Gasteiger partial charge in [-0.25, -0.2) is 0 Å². The zero-order chi connectivity index (χ0) is 20.7. The molecule has 0 bridgehead atoms. The van der Waals surface area contributed by atoms with Crippen molar-refractivity contribution >= 4 is 11.8 Å². The lowest BCUT2D eigenvalue weighted by Gasteiger charge is -2.24. The number of hydrogen-bond donors (Lipinski definition) is 1.